The molecule has 0 unspecified atom stereocenters. The Balaban J connectivity index is 2.03. The number of aromatic nitrogens is 3. The van der Waals surface area contributed by atoms with Crippen LogP contribution in [-0.4, -0.2) is 34.7 Å². The van der Waals surface area contributed by atoms with Crippen LogP contribution in [-0.2, 0) is 4.74 Å². The Kier molecular flexibility index (Phi) is 4.68. The van der Waals surface area contributed by atoms with Crippen molar-refractivity contribution in [2.45, 2.75) is 0 Å². The van der Waals surface area contributed by atoms with E-state index in [1.54, 1.807) is 19.6 Å². The van der Waals surface area contributed by atoms with Gasteiger partial charge in [-0.25, -0.2) is 9.78 Å². The van der Waals surface area contributed by atoms with E-state index >= 15 is 0 Å². The van der Waals surface area contributed by atoms with Gasteiger partial charge in [0.15, 0.2) is 0 Å². The summed E-state index contributed by atoms with van der Waals surface area (Å²) in [5.74, 6) is 0.330. The lowest BCUT2D eigenvalue weighted by Gasteiger charge is -2.10. The van der Waals surface area contributed by atoms with Crippen LogP contribution in [0, 0.1) is 0 Å². The quantitative estimate of drug-likeness (QED) is 0.529. The molecule has 0 aliphatic heterocycles. The molecule has 0 radical (unpaired) electrons. The second-order valence-electron chi connectivity index (χ2n) is 6.15. The lowest BCUT2D eigenvalue weighted by atomic mass is 10.0. The van der Waals surface area contributed by atoms with E-state index in [9.17, 15) is 4.79 Å². The van der Waals surface area contributed by atoms with Crippen LogP contribution in [0.5, 0.6) is 5.75 Å². The molecule has 6 nitrogen and oxygen atoms in total. The summed E-state index contributed by atoms with van der Waals surface area (Å²) in [6.45, 7) is 0. The van der Waals surface area contributed by atoms with Crippen molar-refractivity contribution < 1.29 is 14.3 Å². The van der Waals surface area contributed by atoms with E-state index < -0.39 is 5.97 Å². The highest BCUT2D eigenvalue weighted by atomic mass is 16.5. The standard InChI is InChI=1S/C22H19N3O3/c1-27-17-10-8-16(9-11-17)19-21(25-13-12-23-14-25)18(15-6-4-3-5-7-15)20(24-19)22(26)28-2/h3-14,24H,1-2H3. The lowest BCUT2D eigenvalue weighted by molar-refractivity contribution is 0.0596. The van der Waals surface area contributed by atoms with Crippen LogP contribution in [0.3, 0.4) is 0 Å². The number of nitrogens with zero attached hydrogens (tertiary/aromatic N) is 2. The highest BCUT2D eigenvalue weighted by Gasteiger charge is 2.25. The first kappa shape index (κ1) is 17.6. The van der Waals surface area contributed by atoms with Crippen LogP contribution < -0.4 is 4.74 Å². The summed E-state index contributed by atoms with van der Waals surface area (Å²) in [7, 11) is 3.01. The molecular weight excluding hydrogens is 354 g/mol. The summed E-state index contributed by atoms with van der Waals surface area (Å²) in [6.07, 6.45) is 5.27. The van der Waals surface area contributed by atoms with Gasteiger partial charge in [-0.3, -0.25) is 0 Å². The third kappa shape index (κ3) is 3.05. The van der Waals surface area contributed by atoms with E-state index in [0.29, 0.717) is 5.69 Å². The zero-order chi connectivity index (χ0) is 19.5. The number of benzene rings is 2. The Bertz CT molecular complexity index is 1080. The smallest absolute Gasteiger partial charge is 0.355 e. The fraction of sp³-hybridized carbons (Fsp3) is 0.0909. The largest absolute Gasteiger partial charge is 0.497 e. The van der Waals surface area contributed by atoms with Gasteiger partial charge in [0.05, 0.1) is 31.9 Å². The Morgan fingerprint density at radius 1 is 1.00 bits per heavy atom. The van der Waals surface area contributed by atoms with Crippen molar-refractivity contribution in [1.82, 2.24) is 14.5 Å². The van der Waals surface area contributed by atoms with Crippen molar-refractivity contribution in [1.29, 1.82) is 0 Å². The van der Waals surface area contributed by atoms with Crippen LogP contribution in [0.4, 0.5) is 0 Å². The zero-order valence-electron chi connectivity index (χ0n) is 15.5. The van der Waals surface area contributed by atoms with Crippen molar-refractivity contribution in [3.05, 3.63) is 79.0 Å². The number of methoxy groups -OCH3 is 2. The van der Waals surface area contributed by atoms with Gasteiger partial charge >= 0.3 is 5.97 Å². The van der Waals surface area contributed by atoms with E-state index in [0.717, 1.165) is 33.8 Å². The summed E-state index contributed by atoms with van der Waals surface area (Å²) < 4.78 is 12.2. The van der Waals surface area contributed by atoms with Crippen LogP contribution in [0.2, 0.25) is 0 Å². The van der Waals surface area contributed by atoms with Gasteiger partial charge < -0.3 is 19.0 Å². The molecule has 140 valence electrons. The summed E-state index contributed by atoms with van der Waals surface area (Å²) in [5.41, 5.74) is 4.59. The molecule has 0 saturated heterocycles. The number of H-pyrrole nitrogens is 1. The van der Waals surface area contributed by atoms with Gasteiger partial charge in [0.25, 0.3) is 0 Å². The first-order valence-electron chi connectivity index (χ1n) is 8.75. The van der Waals surface area contributed by atoms with E-state index in [1.165, 1.54) is 7.11 Å². The number of hydrogen-bond donors (Lipinski definition) is 1. The van der Waals surface area contributed by atoms with Gasteiger partial charge in [-0.1, -0.05) is 30.3 Å². The highest BCUT2D eigenvalue weighted by Crippen LogP contribution is 2.39. The number of rotatable bonds is 5. The molecule has 0 aliphatic rings. The molecule has 1 N–H and O–H groups in total. The van der Waals surface area contributed by atoms with E-state index in [1.807, 2.05) is 65.4 Å². The average Bonchev–Trinajstić information content (AvgIpc) is 3.41. The fourth-order valence-electron chi connectivity index (χ4n) is 3.25. The van der Waals surface area contributed by atoms with Gasteiger partial charge in [-0.05, 0) is 29.8 Å². The van der Waals surface area contributed by atoms with E-state index in [4.69, 9.17) is 9.47 Å². The van der Waals surface area contributed by atoms with Crippen molar-refractivity contribution in [3.8, 4) is 33.8 Å². The first-order valence-corrected chi connectivity index (χ1v) is 8.75. The van der Waals surface area contributed by atoms with Crippen LogP contribution >= 0.6 is 0 Å². The van der Waals surface area contributed by atoms with Gasteiger partial charge in [-0.2, -0.15) is 0 Å². The number of carbonyl (C=O) groups excluding carboxylic acids is 1. The molecule has 2 aromatic carbocycles. The molecule has 2 heterocycles. The highest BCUT2D eigenvalue weighted by molar-refractivity contribution is 6.02. The maximum absolute atomic E-state index is 12.6. The number of hydrogen-bond acceptors (Lipinski definition) is 4. The second kappa shape index (κ2) is 7.44. The third-order valence-electron chi connectivity index (χ3n) is 4.57. The Morgan fingerprint density at radius 3 is 2.36 bits per heavy atom. The van der Waals surface area contributed by atoms with Gasteiger partial charge in [-0.15, -0.1) is 0 Å². The molecule has 0 aliphatic carbocycles. The summed E-state index contributed by atoms with van der Waals surface area (Å²) in [4.78, 5) is 20.0. The third-order valence-corrected chi connectivity index (χ3v) is 4.57. The molecular formula is C22H19N3O3. The molecule has 0 saturated carbocycles. The minimum atomic E-state index is -0.431. The minimum absolute atomic E-state index is 0.392. The predicted molar refractivity (Wildman–Crippen MR) is 107 cm³/mol. The van der Waals surface area contributed by atoms with Crippen LogP contribution in [0.1, 0.15) is 10.5 Å². The SMILES string of the molecule is COC(=O)c1[nH]c(-c2ccc(OC)cc2)c(-n2ccnc2)c1-c1ccccc1. The van der Waals surface area contributed by atoms with Crippen molar-refractivity contribution in [3.63, 3.8) is 0 Å². The molecule has 0 atom stereocenters. The van der Waals surface area contributed by atoms with Crippen molar-refractivity contribution in [2.75, 3.05) is 14.2 Å². The molecule has 0 amide bonds. The number of nitrogens with one attached hydrogen (secondary N) is 1. The lowest BCUT2D eigenvalue weighted by Crippen LogP contribution is -2.04. The van der Waals surface area contributed by atoms with Gasteiger partial charge in [0.2, 0.25) is 0 Å². The Morgan fingerprint density at radius 2 is 1.75 bits per heavy atom. The fourth-order valence-corrected chi connectivity index (χ4v) is 3.25. The van der Waals surface area contributed by atoms with Crippen molar-refractivity contribution in [2.24, 2.45) is 0 Å². The molecule has 0 fully saturated rings. The second-order valence-corrected chi connectivity index (χ2v) is 6.15. The van der Waals surface area contributed by atoms with E-state index in [-0.39, 0.29) is 0 Å². The zero-order valence-corrected chi connectivity index (χ0v) is 15.5. The normalized spacial score (nSPS) is 10.6. The molecule has 0 spiro atoms. The molecule has 2 aromatic heterocycles. The number of imidazole rings is 1. The maximum Gasteiger partial charge on any atom is 0.355 e. The molecule has 4 aromatic rings. The van der Waals surface area contributed by atoms with Gasteiger partial charge in [0.1, 0.15) is 11.4 Å². The molecule has 0 bridgehead atoms. The monoisotopic (exact) mass is 373 g/mol. The number of esters is 1. The Hall–Kier alpha value is -3.80. The van der Waals surface area contributed by atoms with Crippen molar-refractivity contribution >= 4 is 5.97 Å². The molecule has 4 rings (SSSR count). The maximum atomic E-state index is 12.6. The molecule has 28 heavy (non-hydrogen) atoms. The summed E-state index contributed by atoms with van der Waals surface area (Å²) >= 11 is 0. The van der Waals surface area contributed by atoms with E-state index in [2.05, 4.69) is 9.97 Å². The summed E-state index contributed by atoms with van der Waals surface area (Å²) in [5, 5.41) is 0. The number of carbonyl (C=O) groups is 1. The topological polar surface area (TPSA) is 69.1 Å². The Labute approximate surface area is 162 Å². The predicted octanol–water partition coefficient (Wildman–Crippen LogP) is 4.33. The summed E-state index contributed by atoms with van der Waals surface area (Å²) in [6, 6.07) is 17.4. The van der Waals surface area contributed by atoms with Crippen LogP contribution in [0.15, 0.2) is 73.3 Å². The molecule has 6 heteroatoms. The number of ether oxygens (including phenoxy) is 2. The first-order chi connectivity index (χ1) is 13.7. The van der Waals surface area contributed by atoms with Crippen LogP contribution in [0.25, 0.3) is 28.1 Å². The van der Waals surface area contributed by atoms with Gasteiger partial charge in [0, 0.05) is 23.5 Å². The number of aromatic amines is 1. The average molecular weight is 373 g/mol. The minimum Gasteiger partial charge on any atom is -0.497 e.